The van der Waals surface area contributed by atoms with Crippen LogP contribution in [0.4, 0.5) is 19.0 Å². The number of rotatable bonds is 2. The number of aryl methyl sites for hydroxylation is 1. The number of fused-ring (bicyclic) bond motifs is 1. The van der Waals surface area contributed by atoms with Crippen molar-refractivity contribution < 1.29 is 22.8 Å². The molecular weight excluding hydrogens is 405 g/mol. The van der Waals surface area contributed by atoms with Crippen molar-refractivity contribution in [1.29, 1.82) is 0 Å². The number of aromatic nitrogens is 2. The number of benzene rings is 1. The lowest BCUT2D eigenvalue weighted by molar-refractivity contribution is -0.201. The van der Waals surface area contributed by atoms with E-state index in [4.69, 9.17) is 0 Å². The molecule has 1 aliphatic rings. The highest BCUT2D eigenvalue weighted by molar-refractivity contribution is 6.08. The minimum absolute atomic E-state index is 0.124. The van der Waals surface area contributed by atoms with Gasteiger partial charge in [0.25, 0.3) is 11.5 Å². The average molecular weight is 424 g/mol. The summed E-state index contributed by atoms with van der Waals surface area (Å²) >= 11 is 0. The van der Waals surface area contributed by atoms with E-state index in [1.54, 1.807) is 24.4 Å². The van der Waals surface area contributed by atoms with Crippen LogP contribution in [0.15, 0.2) is 33.9 Å². The number of alkyl halides is 3. The Morgan fingerprint density at radius 3 is 2.13 bits per heavy atom. The Morgan fingerprint density at radius 2 is 1.63 bits per heavy atom. The Bertz CT molecular complexity index is 1160. The van der Waals surface area contributed by atoms with Crippen molar-refractivity contribution in [3.63, 3.8) is 0 Å². The lowest BCUT2D eigenvalue weighted by atomic mass is 9.88. The SMILES string of the molecule is Cc1ccc(-n2c3c(c(=O)[nH]c2=O)[C@](NC(=O)C(C)(C)C)(C(F)(F)F)C(=O)N3)cc1. The summed E-state index contributed by atoms with van der Waals surface area (Å²) in [5, 5.41) is 3.70. The fourth-order valence-electron chi connectivity index (χ4n) is 3.08. The number of amides is 2. The molecule has 8 nitrogen and oxygen atoms in total. The molecule has 3 rings (SSSR count). The molecule has 0 bridgehead atoms. The number of nitrogens with zero attached hydrogens (tertiary/aromatic N) is 1. The Labute approximate surface area is 168 Å². The monoisotopic (exact) mass is 424 g/mol. The van der Waals surface area contributed by atoms with Crippen LogP contribution in [0.2, 0.25) is 0 Å². The van der Waals surface area contributed by atoms with E-state index in [0.29, 0.717) is 0 Å². The first-order valence-corrected chi connectivity index (χ1v) is 8.88. The maximum Gasteiger partial charge on any atom is 0.425 e. The largest absolute Gasteiger partial charge is 0.425 e. The lowest BCUT2D eigenvalue weighted by Crippen LogP contribution is -2.63. The summed E-state index contributed by atoms with van der Waals surface area (Å²) < 4.78 is 43.5. The Morgan fingerprint density at radius 1 is 1.07 bits per heavy atom. The van der Waals surface area contributed by atoms with Crippen LogP contribution >= 0.6 is 0 Å². The fourth-order valence-corrected chi connectivity index (χ4v) is 3.08. The fraction of sp³-hybridized carbons (Fsp3) is 0.368. The highest BCUT2D eigenvalue weighted by Gasteiger charge is 2.68. The van der Waals surface area contributed by atoms with Crippen LogP contribution in [0.25, 0.3) is 5.69 Å². The highest BCUT2D eigenvalue weighted by Crippen LogP contribution is 2.45. The predicted molar refractivity (Wildman–Crippen MR) is 101 cm³/mol. The molecule has 1 aliphatic heterocycles. The van der Waals surface area contributed by atoms with Gasteiger partial charge in [-0.15, -0.1) is 0 Å². The normalized spacial score (nSPS) is 18.7. The van der Waals surface area contributed by atoms with Gasteiger partial charge in [0.1, 0.15) is 11.4 Å². The maximum absolute atomic E-state index is 14.2. The van der Waals surface area contributed by atoms with Crippen LogP contribution in [0, 0.1) is 12.3 Å². The molecule has 2 amide bonds. The third kappa shape index (κ3) is 3.10. The number of hydrogen-bond donors (Lipinski definition) is 3. The second kappa shape index (κ2) is 6.57. The number of carbonyl (C=O) groups excluding carboxylic acids is 2. The van der Waals surface area contributed by atoms with Crippen LogP contribution in [0.3, 0.4) is 0 Å². The lowest BCUT2D eigenvalue weighted by Gasteiger charge is -2.32. The van der Waals surface area contributed by atoms with Gasteiger partial charge in [-0.05, 0) is 19.1 Å². The number of halogens is 3. The zero-order valence-corrected chi connectivity index (χ0v) is 16.5. The summed E-state index contributed by atoms with van der Waals surface area (Å²) in [4.78, 5) is 51.8. The molecular formula is C19H19F3N4O4. The van der Waals surface area contributed by atoms with Gasteiger partial charge in [0.15, 0.2) is 0 Å². The van der Waals surface area contributed by atoms with Gasteiger partial charge in [-0.2, -0.15) is 13.2 Å². The average Bonchev–Trinajstić information content (AvgIpc) is 2.89. The van der Waals surface area contributed by atoms with Crippen LogP contribution in [-0.4, -0.2) is 27.5 Å². The van der Waals surface area contributed by atoms with Crippen molar-refractivity contribution >= 4 is 17.6 Å². The van der Waals surface area contributed by atoms with Gasteiger partial charge < -0.3 is 10.6 Å². The molecule has 11 heteroatoms. The van der Waals surface area contributed by atoms with Gasteiger partial charge in [-0.1, -0.05) is 38.5 Å². The molecule has 0 radical (unpaired) electrons. The van der Waals surface area contributed by atoms with E-state index in [1.165, 1.54) is 32.9 Å². The molecule has 2 aromatic rings. The van der Waals surface area contributed by atoms with Gasteiger partial charge in [0.05, 0.1) is 5.69 Å². The molecule has 0 unspecified atom stereocenters. The van der Waals surface area contributed by atoms with E-state index in [0.717, 1.165) is 10.1 Å². The second-order valence-corrected chi connectivity index (χ2v) is 8.06. The third-order valence-corrected chi connectivity index (χ3v) is 4.76. The number of anilines is 1. The van der Waals surface area contributed by atoms with Gasteiger partial charge in [0.2, 0.25) is 11.4 Å². The van der Waals surface area contributed by atoms with Crippen molar-refractivity contribution in [1.82, 2.24) is 14.9 Å². The summed E-state index contributed by atoms with van der Waals surface area (Å²) in [6.07, 6.45) is -5.37. The topological polar surface area (TPSA) is 113 Å². The van der Waals surface area contributed by atoms with Crippen molar-refractivity contribution in [2.45, 2.75) is 39.4 Å². The molecule has 1 atom stereocenters. The van der Waals surface area contributed by atoms with Crippen molar-refractivity contribution in [3.05, 3.63) is 56.2 Å². The van der Waals surface area contributed by atoms with Gasteiger partial charge >= 0.3 is 11.9 Å². The van der Waals surface area contributed by atoms with Gasteiger partial charge in [0, 0.05) is 5.41 Å². The number of carbonyl (C=O) groups is 2. The first kappa shape index (κ1) is 21.3. The molecule has 3 N–H and O–H groups in total. The molecule has 2 heterocycles. The van der Waals surface area contributed by atoms with Crippen molar-refractivity contribution in [3.8, 4) is 5.69 Å². The van der Waals surface area contributed by atoms with Crippen LogP contribution in [0.1, 0.15) is 31.9 Å². The van der Waals surface area contributed by atoms with Gasteiger partial charge in [-0.3, -0.25) is 19.4 Å². The van der Waals surface area contributed by atoms with E-state index >= 15 is 0 Å². The maximum atomic E-state index is 14.2. The zero-order chi connectivity index (χ0) is 22.6. The molecule has 0 saturated carbocycles. The van der Waals surface area contributed by atoms with E-state index in [9.17, 15) is 32.3 Å². The molecule has 1 aromatic carbocycles. The number of nitrogens with one attached hydrogen (secondary N) is 3. The first-order chi connectivity index (χ1) is 13.7. The van der Waals surface area contributed by atoms with E-state index in [2.05, 4.69) is 0 Å². The molecule has 0 saturated heterocycles. The van der Waals surface area contributed by atoms with Crippen LogP contribution in [0.5, 0.6) is 0 Å². The third-order valence-electron chi connectivity index (χ3n) is 4.76. The number of hydrogen-bond acceptors (Lipinski definition) is 4. The quantitative estimate of drug-likeness (QED) is 0.681. The second-order valence-electron chi connectivity index (χ2n) is 8.06. The van der Waals surface area contributed by atoms with E-state index in [-0.39, 0.29) is 5.69 Å². The molecule has 0 spiro atoms. The van der Waals surface area contributed by atoms with Crippen LogP contribution < -0.4 is 21.9 Å². The standard InChI is InChI=1S/C19H19F3N4O4/c1-9-5-7-10(8-6-9)26-12-11(13(27)24-16(26)30)18(15(29)23-12,19(20,21)22)25-14(28)17(2,3)4/h5-8H,1-4H3,(H,23,29)(H,25,28)(H,24,27,30)/t18-/m1/s1. The summed E-state index contributed by atoms with van der Waals surface area (Å²) in [6, 6.07) is 6.11. The van der Waals surface area contributed by atoms with Crippen molar-refractivity contribution in [2.75, 3.05) is 5.32 Å². The van der Waals surface area contributed by atoms with E-state index in [1.807, 2.05) is 10.3 Å². The van der Waals surface area contributed by atoms with Crippen molar-refractivity contribution in [2.24, 2.45) is 5.41 Å². The molecule has 0 fully saturated rings. The summed E-state index contributed by atoms with van der Waals surface area (Å²) in [7, 11) is 0. The minimum Gasteiger partial charge on any atom is -0.330 e. The highest BCUT2D eigenvalue weighted by atomic mass is 19.4. The Balaban J connectivity index is 2.37. The molecule has 0 aliphatic carbocycles. The predicted octanol–water partition coefficient (Wildman–Crippen LogP) is 1.71. The summed E-state index contributed by atoms with van der Waals surface area (Å²) in [6.45, 7) is 5.84. The molecule has 30 heavy (non-hydrogen) atoms. The Kier molecular flexibility index (Phi) is 4.68. The molecule has 160 valence electrons. The summed E-state index contributed by atoms with van der Waals surface area (Å²) in [5.74, 6) is -3.43. The Hall–Kier alpha value is -3.37. The van der Waals surface area contributed by atoms with Crippen LogP contribution in [-0.2, 0) is 15.1 Å². The zero-order valence-electron chi connectivity index (χ0n) is 16.5. The first-order valence-electron chi connectivity index (χ1n) is 8.88. The smallest absolute Gasteiger partial charge is 0.330 e. The number of H-pyrrole nitrogens is 1. The number of aromatic amines is 1. The molecule has 1 aromatic heterocycles. The van der Waals surface area contributed by atoms with Gasteiger partial charge in [-0.25, -0.2) is 9.36 Å². The van der Waals surface area contributed by atoms with E-state index < -0.39 is 51.6 Å². The minimum atomic E-state index is -5.37. The summed E-state index contributed by atoms with van der Waals surface area (Å²) in [5.41, 5.74) is -7.57.